The fraction of sp³-hybridized carbons (Fsp3) is 0.207. The summed E-state index contributed by atoms with van der Waals surface area (Å²) >= 11 is 0. The number of aromatic nitrogens is 8. The second-order valence-corrected chi connectivity index (χ2v) is 9.81. The van der Waals surface area contributed by atoms with Crippen molar-refractivity contribution >= 4 is 33.7 Å². The first-order chi connectivity index (χ1) is 19.2. The van der Waals surface area contributed by atoms with Crippen LogP contribution in [0.3, 0.4) is 0 Å². The van der Waals surface area contributed by atoms with Gasteiger partial charge in [-0.3, -0.25) is 24.8 Å². The summed E-state index contributed by atoms with van der Waals surface area (Å²) in [7, 11) is 0. The number of fused-ring (bicyclic) bond motifs is 2. The van der Waals surface area contributed by atoms with Crippen LogP contribution in [0, 0.1) is 5.92 Å². The summed E-state index contributed by atoms with van der Waals surface area (Å²) in [6, 6.07) is 13.3. The Morgan fingerprint density at radius 1 is 0.846 bits per heavy atom. The first-order valence-electron chi connectivity index (χ1n) is 13.1. The molecule has 0 aliphatic heterocycles. The van der Waals surface area contributed by atoms with Crippen molar-refractivity contribution in [3.8, 4) is 34.2 Å². The van der Waals surface area contributed by atoms with Crippen molar-refractivity contribution < 1.29 is 4.79 Å². The van der Waals surface area contributed by atoms with E-state index in [1.54, 1.807) is 24.8 Å². The van der Waals surface area contributed by atoms with E-state index in [0.717, 1.165) is 53.7 Å². The number of anilines is 1. The van der Waals surface area contributed by atoms with Crippen LogP contribution < -0.4 is 5.32 Å². The lowest BCUT2D eigenvalue weighted by molar-refractivity contribution is -0.120. The van der Waals surface area contributed by atoms with Gasteiger partial charge in [-0.1, -0.05) is 25.3 Å². The molecular weight excluding hydrogens is 490 g/mol. The van der Waals surface area contributed by atoms with Crippen molar-refractivity contribution in [1.82, 2.24) is 40.1 Å². The Kier molecular flexibility index (Phi) is 5.77. The number of aromatic amines is 2. The number of H-pyrrole nitrogens is 2. The topological polar surface area (TPSA) is 138 Å². The number of imidazole rings is 1. The lowest BCUT2D eigenvalue weighted by atomic mass is 9.88. The summed E-state index contributed by atoms with van der Waals surface area (Å²) in [5.74, 6) is 0.721. The summed E-state index contributed by atoms with van der Waals surface area (Å²) in [4.78, 5) is 39.2. The molecule has 0 saturated heterocycles. The van der Waals surface area contributed by atoms with Gasteiger partial charge in [0.25, 0.3) is 0 Å². The summed E-state index contributed by atoms with van der Waals surface area (Å²) in [5, 5.41) is 10.6. The lowest BCUT2D eigenvalue weighted by Gasteiger charge is -2.20. The fourth-order valence-corrected chi connectivity index (χ4v) is 5.22. The molecule has 39 heavy (non-hydrogen) atoms. The van der Waals surface area contributed by atoms with Gasteiger partial charge in [-0.2, -0.15) is 5.10 Å². The minimum absolute atomic E-state index is 0.0682. The highest BCUT2D eigenvalue weighted by Crippen LogP contribution is 2.31. The van der Waals surface area contributed by atoms with Gasteiger partial charge in [0.15, 0.2) is 11.5 Å². The highest BCUT2D eigenvalue weighted by molar-refractivity contribution is 5.95. The van der Waals surface area contributed by atoms with Gasteiger partial charge in [-0.25, -0.2) is 9.97 Å². The Labute approximate surface area is 223 Å². The first kappa shape index (κ1) is 23.2. The summed E-state index contributed by atoms with van der Waals surface area (Å²) < 4.78 is 0. The highest BCUT2D eigenvalue weighted by Gasteiger charge is 2.22. The average molecular weight is 516 g/mol. The van der Waals surface area contributed by atoms with E-state index >= 15 is 0 Å². The van der Waals surface area contributed by atoms with Crippen LogP contribution in [-0.4, -0.2) is 46.0 Å². The minimum atomic E-state index is 0.0682. The standard InChI is InChI=1S/C29H25N9O/c39-29(17-6-2-1-3-7-17)33-19-14-18(15-30-16-19)20-9-10-23-26(34-20)27(38-37-23)28-35-22-11-13-32-24(25(22)36-28)21-8-4-5-12-31-21/h4-5,8-17H,1-3,6-7H2,(H,33,39)(H,35,36)(H,37,38). The van der Waals surface area contributed by atoms with Crippen molar-refractivity contribution in [2.45, 2.75) is 32.1 Å². The van der Waals surface area contributed by atoms with Crippen LogP contribution in [-0.2, 0) is 4.79 Å². The molecule has 6 aromatic heterocycles. The van der Waals surface area contributed by atoms with E-state index in [4.69, 9.17) is 9.97 Å². The molecule has 3 N–H and O–H groups in total. The largest absolute Gasteiger partial charge is 0.336 e. The van der Waals surface area contributed by atoms with E-state index in [1.165, 1.54) is 6.42 Å². The van der Waals surface area contributed by atoms with Gasteiger partial charge in [-0.15, -0.1) is 0 Å². The van der Waals surface area contributed by atoms with Crippen LogP contribution in [0.25, 0.3) is 56.2 Å². The zero-order chi connectivity index (χ0) is 26.2. The Hall–Kier alpha value is -4.99. The maximum atomic E-state index is 12.8. The van der Waals surface area contributed by atoms with Crippen LogP contribution in [0.5, 0.6) is 0 Å². The van der Waals surface area contributed by atoms with Crippen molar-refractivity contribution in [2.75, 3.05) is 5.32 Å². The van der Waals surface area contributed by atoms with Crippen molar-refractivity contribution in [1.29, 1.82) is 0 Å². The zero-order valence-electron chi connectivity index (χ0n) is 21.1. The van der Waals surface area contributed by atoms with Gasteiger partial charge >= 0.3 is 0 Å². The molecular formula is C29H25N9O. The Morgan fingerprint density at radius 3 is 2.62 bits per heavy atom. The second-order valence-electron chi connectivity index (χ2n) is 9.81. The third-order valence-corrected chi connectivity index (χ3v) is 7.22. The molecule has 0 unspecified atom stereocenters. The highest BCUT2D eigenvalue weighted by atomic mass is 16.1. The predicted molar refractivity (Wildman–Crippen MR) is 148 cm³/mol. The van der Waals surface area contributed by atoms with Gasteiger partial charge in [0.2, 0.25) is 5.91 Å². The number of rotatable bonds is 5. The normalized spacial score (nSPS) is 14.2. The monoisotopic (exact) mass is 515 g/mol. The third kappa shape index (κ3) is 4.39. The predicted octanol–water partition coefficient (Wildman–Crippen LogP) is 5.54. The van der Waals surface area contributed by atoms with Gasteiger partial charge in [0.05, 0.1) is 34.3 Å². The molecule has 1 aliphatic carbocycles. The number of hydrogen-bond acceptors (Lipinski definition) is 7. The fourth-order valence-electron chi connectivity index (χ4n) is 5.22. The number of carbonyl (C=O) groups is 1. The molecule has 0 radical (unpaired) electrons. The molecule has 1 amide bonds. The van der Waals surface area contributed by atoms with Crippen molar-refractivity contribution in [2.24, 2.45) is 5.92 Å². The summed E-state index contributed by atoms with van der Waals surface area (Å²) in [6.07, 6.45) is 12.2. The Morgan fingerprint density at radius 2 is 1.74 bits per heavy atom. The van der Waals surface area contributed by atoms with E-state index in [9.17, 15) is 4.79 Å². The van der Waals surface area contributed by atoms with Crippen molar-refractivity contribution in [3.63, 3.8) is 0 Å². The number of carbonyl (C=O) groups excluding carboxylic acids is 1. The smallest absolute Gasteiger partial charge is 0.227 e. The molecule has 6 aromatic rings. The van der Waals surface area contributed by atoms with Crippen LogP contribution in [0.2, 0.25) is 0 Å². The maximum Gasteiger partial charge on any atom is 0.227 e. The van der Waals surface area contributed by atoms with Crippen LogP contribution in [0.1, 0.15) is 32.1 Å². The van der Waals surface area contributed by atoms with Gasteiger partial charge in [0.1, 0.15) is 16.7 Å². The molecule has 7 rings (SSSR count). The Bertz CT molecular complexity index is 1800. The number of amides is 1. The van der Waals surface area contributed by atoms with E-state index in [0.29, 0.717) is 33.9 Å². The van der Waals surface area contributed by atoms with E-state index in [-0.39, 0.29) is 11.8 Å². The number of pyridine rings is 4. The molecule has 0 aromatic carbocycles. The molecule has 0 atom stereocenters. The maximum absolute atomic E-state index is 12.8. The molecule has 10 nitrogen and oxygen atoms in total. The van der Waals surface area contributed by atoms with Gasteiger partial charge in [0, 0.05) is 30.1 Å². The second kappa shape index (κ2) is 9.71. The molecule has 1 fully saturated rings. The zero-order valence-corrected chi connectivity index (χ0v) is 21.1. The number of nitrogens with zero attached hydrogens (tertiary/aromatic N) is 6. The molecule has 192 valence electrons. The quantitative estimate of drug-likeness (QED) is 0.274. The number of hydrogen-bond donors (Lipinski definition) is 3. The molecule has 0 spiro atoms. The van der Waals surface area contributed by atoms with E-state index in [1.807, 2.05) is 42.5 Å². The summed E-state index contributed by atoms with van der Waals surface area (Å²) in [5.41, 5.74) is 7.24. The van der Waals surface area contributed by atoms with Gasteiger partial charge < -0.3 is 10.3 Å². The third-order valence-electron chi connectivity index (χ3n) is 7.22. The van der Waals surface area contributed by atoms with Crippen LogP contribution >= 0.6 is 0 Å². The SMILES string of the molecule is O=C(Nc1cncc(-c2ccc3[nH]nc(-c4nc5c(-c6ccccn6)nccc5[nH]4)c3n2)c1)C1CCCCC1. The average Bonchev–Trinajstić information content (AvgIpc) is 3.62. The van der Waals surface area contributed by atoms with Crippen LogP contribution in [0.4, 0.5) is 5.69 Å². The Balaban J connectivity index is 1.23. The molecule has 10 heteroatoms. The molecule has 6 heterocycles. The molecule has 1 saturated carbocycles. The lowest BCUT2D eigenvalue weighted by Crippen LogP contribution is -2.24. The minimum Gasteiger partial charge on any atom is -0.336 e. The van der Waals surface area contributed by atoms with Crippen molar-refractivity contribution in [3.05, 3.63) is 67.3 Å². The van der Waals surface area contributed by atoms with E-state index < -0.39 is 0 Å². The molecule has 0 bridgehead atoms. The first-order valence-corrected chi connectivity index (χ1v) is 13.1. The van der Waals surface area contributed by atoms with E-state index in [2.05, 4.69) is 35.5 Å². The van der Waals surface area contributed by atoms with Crippen LogP contribution in [0.15, 0.2) is 67.3 Å². The molecule has 1 aliphatic rings. The summed E-state index contributed by atoms with van der Waals surface area (Å²) in [6.45, 7) is 0. The number of nitrogens with one attached hydrogen (secondary N) is 3. The van der Waals surface area contributed by atoms with Gasteiger partial charge in [-0.05, 0) is 49.2 Å².